The molecule has 1 spiro atoms. The van der Waals surface area contributed by atoms with Gasteiger partial charge in [-0.1, -0.05) is 0 Å². The third kappa shape index (κ3) is 8.67. The summed E-state index contributed by atoms with van der Waals surface area (Å²) in [6, 6.07) is 0.329. The molecular weight excluding hydrogens is 388 g/mol. The van der Waals surface area contributed by atoms with Gasteiger partial charge in [0.2, 0.25) is 0 Å². The molecule has 0 amide bonds. The van der Waals surface area contributed by atoms with Gasteiger partial charge in [0.25, 0.3) is 0 Å². The Bertz CT molecular complexity index is 633. The van der Waals surface area contributed by atoms with Gasteiger partial charge in [-0.15, -0.1) is 0 Å². The summed E-state index contributed by atoms with van der Waals surface area (Å²) in [5.74, 6) is 5.02. The molecule has 8 nitrogen and oxygen atoms in total. The lowest BCUT2D eigenvalue weighted by atomic mass is 9.53. The van der Waals surface area contributed by atoms with Crippen molar-refractivity contribution in [2.24, 2.45) is 23.0 Å². The van der Waals surface area contributed by atoms with Gasteiger partial charge in [-0.25, -0.2) is 0 Å². The first-order valence-corrected chi connectivity index (χ1v) is 10.5. The van der Waals surface area contributed by atoms with Gasteiger partial charge >= 0.3 is 5.97 Å². The van der Waals surface area contributed by atoms with Crippen LogP contribution in [0, 0.1) is 11.3 Å². The molecule has 1 atom stereocenters. The first-order chi connectivity index (χ1) is 14.1. The van der Waals surface area contributed by atoms with E-state index in [4.69, 9.17) is 11.6 Å². The number of hydrogen-bond acceptors (Lipinski definition) is 8. The number of carbonyl (C=O) groups excluding carboxylic acids is 5. The SMILES string of the molecule is CC(=O)/C=C\C(C)=O.NOC(=O)C1CCC12CCC(N)CC2.O=C1CCC(=O)CC1. The number of allylic oxidation sites excluding steroid dienone is 2. The van der Waals surface area contributed by atoms with Crippen LogP contribution in [0.1, 0.15) is 78.1 Å². The highest BCUT2D eigenvalue weighted by molar-refractivity contribution is 5.96. The molecule has 168 valence electrons. The van der Waals surface area contributed by atoms with Gasteiger partial charge in [0, 0.05) is 31.7 Å². The normalized spacial score (nSPS) is 27.9. The van der Waals surface area contributed by atoms with Gasteiger partial charge in [-0.3, -0.25) is 24.0 Å². The molecule has 0 aliphatic heterocycles. The Labute approximate surface area is 177 Å². The van der Waals surface area contributed by atoms with E-state index in [2.05, 4.69) is 4.84 Å². The van der Waals surface area contributed by atoms with Crippen LogP contribution in [-0.4, -0.2) is 35.1 Å². The molecule has 8 heteroatoms. The number of ketones is 4. The van der Waals surface area contributed by atoms with Gasteiger partial charge < -0.3 is 10.6 Å². The molecule has 3 fully saturated rings. The van der Waals surface area contributed by atoms with E-state index >= 15 is 0 Å². The summed E-state index contributed by atoms with van der Waals surface area (Å²) in [4.78, 5) is 56.8. The van der Waals surface area contributed by atoms with Gasteiger partial charge in [-0.2, -0.15) is 5.90 Å². The molecule has 3 aliphatic carbocycles. The van der Waals surface area contributed by atoms with Gasteiger partial charge in [0.05, 0.1) is 5.92 Å². The highest BCUT2D eigenvalue weighted by Gasteiger charge is 2.52. The second kappa shape index (κ2) is 12.5. The predicted molar refractivity (Wildman–Crippen MR) is 111 cm³/mol. The molecule has 0 aromatic carbocycles. The second-order valence-corrected chi connectivity index (χ2v) is 8.36. The molecule has 3 rings (SSSR count). The molecule has 30 heavy (non-hydrogen) atoms. The average molecular weight is 423 g/mol. The minimum atomic E-state index is -0.230. The fourth-order valence-corrected chi connectivity index (χ4v) is 4.00. The van der Waals surface area contributed by atoms with Crippen molar-refractivity contribution in [2.45, 2.75) is 84.1 Å². The summed E-state index contributed by atoms with van der Waals surface area (Å²) >= 11 is 0. The Morgan fingerprint density at radius 3 is 1.57 bits per heavy atom. The number of nitrogens with two attached hydrogens (primary N) is 2. The molecule has 0 aromatic heterocycles. The Hall–Kier alpha value is -2.19. The van der Waals surface area contributed by atoms with Crippen molar-refractivity contribution >= 4 is 29.1 Å². The largest absolute Gasteiger partial charge is 0.373 e. The smallest absolute Gasteiger partial charge is 0.328 e. The highest BCUT2D eigenvalue weighted by Crippen LogP contribution is 2.55. The Kier molecular flexibility index (Phi) is 10.8. The third-order valence-corrected chi connectivity index (χ3v) is 6.01. The Morgan fingerprint density at radius 1 is 0.867 bits per heavy atom. The zero-order valence-electron chi connectivity index (χ0n) is 18.0. The summed E-state index contributed by atoms with van der Waals surface area (Å²) in [7, 11) is 0. The standard InChI is InChI=1S/C10H18N2O2.2C6H8O2/c11-7-1-4-10(5-2-7)6-3-8(10)9(13)14-12;7-5-1-2-6(8)4-3-5;1-5(7)3-4-6(2)8/h7-8H,1-6,11-12H2;1-4H2;3-4H,1-2H3/b;;4-3-. The second-order valence-electron chi connectivity index (χ2n) is 8.36. The lowest BCUT2D eigenvalue weighted by Gasteiger charge is -2.51. The van der Waals surface area contributed by atoms with Crippen molar-refractivity contribution in [3.63, 3.8) is 0 Å². The number of Topliss-reactive ketones (excluding diaryl/α,β-unsaturated/α-hetero) is 2. The van der Waals surface area contributed by atoms with Crippen molar-refractivity contribution in [3.05, 3.63) is 12.2 Å². The lowest BCUT2D eigenvalue weighted by molar-refractivity contribution is -0.164. The van der Waals surface area contributed by atoms with Gasteiger partial charge in [0.15, 0.2) is 11.6 Å². The molecular formula is C22H34N2O6. The monoisotopic (exact) mass is 422 g/mol. The summed E-state index contributed by atoms with van der Waals surface area (Å²) in [5.41, 5.74) is 6.03. The van der Waals surface area contributed by atoms with Crippen molar-refractivity contribution in [1.29, 1.82) is 0 Å². The maximum atomic E-state index is 11.4. The van der Waals surface area contributed by atoms with Crippen LogP contribution in [0.4, 0.5) is 0 Å². The maximum Gasteiger partial charge on any atom is 0.328 e. The minimum Gasteiger partial charge on any atom is -0.373 e. The van der Waals surface area contributed by atoms with Crippen LogP contribution in [0.25, 0.3) is 0 Å². The fraction of sp³-hybridized carbons (Fsp3) is 0.682. The topological polar surface area (TPSA) is 147 Å². The Balaban J connectivity index is 0.000000243. The maximum absolute atomic E-state index is 11.4. The van der Waals surface area contributed by atoms with E-state index in [1.807, 2.05) is 0 Å². The van der Waals surface area contributed by atoms with E-state index in [9.17, 15) is 24.0 Å². The lowest BCUT2D eigenvalue weighted by Crippen LogP contribution is -2.49. The van der Waals surface area contributed by atoms with E-state index in [0.29, 0.717) is 31.7 Å². The molecule has 3 aliphatic rings. The van der Waals surface area contributed by atoms with Crippen LogP contribution in [0.3, 0.4) is 0 Å². The molecule has 0 heterocycles. The fourth-order valence-electron chi connectivity index (χ4n) is 4.00. The highest BCUT2D eigenvalue weighted by atomic mass is 16.7. The number of carbonyl (C=O) groups is 5. The quantitative estimate of drug-likeness (QED) is 0.519. The van der Waals surface area contributed by atoms with Gasteiger partial charge in [0.1, 0.15) is 11.6 Å². The third-order valence-electron chi connectivity index (χ3n) is 6.01. The van der Waals surface area contributed by atoms with Crippen LogP contribution in [0.15, 0.2) is 12.2 Å². The molecule has 4 N–H and O–H groups in total. The van der Waals surface area contributed by atoms with E-state index in [0.717, 1.165) is 38.5 Å². The van der Waals surface area contributed by atoms with Crippen molar-refractivity contribution in [2.75, 3.05) is 0 Å². The van der Waals surface area contributed by atoms with Crippen LogP contribution in [0.5, 0.6) is 0 Å². The summed E-state index contributed by atoms with van der Waals surface area (Å²) in [5, 5.41) is 0. The van der Waals surface area contributed by atoms with E-state index in [1.165, 1.54) is 26.0 Å². The molecule has 1 unspecified atom stereocenters. The van der Waals surface area contributed by atoms with Crippen molar-refractivity contribution in [1.82, 2.24) is 0 Å². The molecule has 0 radical (unpaired) electrons. The number of hydrogen-bond donors (Lipinski definition) is 2. The van der Waals surface area contributed by atoms with E-state index in [-0.39, 0.29) is 40.4 Å². The van der Waals surface area contributed by atoms with Crippen LogP contribution >= 0.6 is 0 Å². The molecule has 3 saturated carbocycles. The first kappa shape index (κ1) is 25.8. The molecule has 0 saturated heterocycles. The van der Waals surface area contributed by atoms with Crippen LogP contribution in [0.2, 0.25) is 0 Å². The van der Waals surface area contributed by atoms with Crippen molar-refractivity contribution < 1.29 is 28.8 Å². The number of rotatable bonds is 3. The van der Waals surface area contributed by atoms with Crippen molar-refractivity contribution in [3.8, 4) is 0 Å². The zero-order valence-corrected chi connectivity index (χ0v) is 18.0. The van der Waals surface area contributed by atoms with E-state index in [1.54, 1.807) is 0 Å². The first-order valence-electron chi connectivity index (χ1n) is 10.5. The Morgan fingerprint density at radius 2 is 1.27 bits per heavy atom. The summed E-state index contributed by atoms with van der Waals surface area (Å²) in [6.07, 6.45) is 10.7. The van der Waals surface area contributed by atoms with Crippen LogP contribution in [-0.2, 0) is 28.8 Å². The van der Waals surface area contributed by atoms with Crippen LogP contribution < -0.4 is 11.6 Å². The van der Waals surface area contributed by atoms with Gasteiger partial charge in [-0.05, 0) is 69.9 Å². The average Bonchev–Trinajstić information content (AvgIpc) is 2.69. The predicted octanol–water partition coefficient (Wildman–Crippen LogP) is 2.12. The zero-order chi connectivity index (χ0) is 22.7. The summed E-state index contributed by atoms with van der Waals surface area (Å²) in [6.45, 7) is 2.80. The molecule has 0 aromatic rings. The minimum absolute atomic E-state index is 0.0417. The van der Waals surface area contributed by atoms with E-state index < -0.39 is 0 Å². The summed E-state index contributed by atoms with van der Waals surface area (Å²) < 4.78 is 0. The molecule has 0 bridgehead atoms.